The predicted octanol–water partition coefficient (Wildman–Crippen LogP) is 0.351. The Morgan fingerprint density at radius 2 is 1.78 bits per heavy atom. The Bertz CT molecular complexity index is 422. The number of carbonyl (C=O) groups excluding carboxylic acids is 1. The Hall–Kier alpha value is -1.31. The Morgan fingerprint density at radius 3 is 2.06 bits per heavy atom. The van der Waals surface area contributed by atoms with Crippen molar-refractivity contribution in [3.63, 3.8) is 0 Å². The second-order valence-corrected chi connectivity index (χ2v) is 7.22. The van der Waals surface area contributed by atoms with Crippen LogP contribution in [-0.2, 0) is 19.4 Å². The highest BCUT2D eigenvalue weighted by molar-refractivity contribution is 7.90. The van der Waals surface area contributed by atoms with Gasteiger partial charge in [-0.05, 0) is 20.8 Å². The minimum absolute atomic E-state index is 0.655. The molecule has 0 spiro atoms. The van der Waals surface area contributed by atoms with Gasteiger partial charge in [-0.2, -0.15) is 0 Å². The fraction of sp³-hybridized carbons (Fsp3) is 0.800. The number of nitrogens with zero attached hydrogens (tertiary/aromatic N) is 1. The maximum Gasteiger partial charge on any atom is 0.410 e. The molecule has 18 heavy (non-hydrogen) atoms. The lowest BCUT2D eigenvalue weighted by Gasteiger charge is -2.28. The summed E-state index contributed by atoms with van der Waals surface area (Å²) in [5, 5.41) is 8.94. The van der Waals surface area contributed by atoms with E-state index in [-0.39, 0.29) is 0 Å². The minimum atomic E-state index is -3.52. The third-order valence-corrected chi connectivity index (χ3v) is 2.82. The van der Waals surface area contributed by atoms with Crippen molar-refractivity contribution in [2.24, 2.45) is 0 Å². The van der Waals surface area contributed by atoms with Crippen LogP contribution in [0.15, 0.2) is 0 Å². The van der Waals surface area contributed by atoms with Gasteiger partial charge in [-0.3, -0.25) is 4.90 Å². The largest absolute Gasteiger partial charge is 0.480 e. The van der Waals surface area contributed by atoms with E-state index in [4.69, 9.17) is 9.84 Å². The third kappa shape index (κ3) is 6.43. The molecule has 1 atom stereocenters. The summed E-state index contributed by atoms with van der Waals surface area (Å²) in [6.45, 7) is 4.89. The molecule has 8 heteroatoms. The molecule has 1 amide bonds. The average Bonchev–Trinajstić information content (AvgIpc) is 2.08. The molecule has 0 heterocycles. The van der Waals surface area contributed by atoms with Crippen molar-refractivity contribution in [3.8, 4) is 0 Å². The van der Waals surface area contributed by atoms with Crippen molar-refractivity contribution in [3.05, 3.63) is 0 Å². The molecular weight excluding hydrogens is 262 g/mol. The van der Waals surface area contributed by atoms with Gasteiger partial charge >= 0.3 is 12.1 Å². The van der Waals surface area contributed by atoms with Crippen LogP contribution >= 0.6 is 0 Å². The third-order valence-electron chi connectivity index (χ3n) is 1.89. The number of carbonyl (C=O) groups is 2. The SMILES string of the molecule is CN(C(=O)OC(C)(C)C)C(CS(C)(=O)=O)C(=O)O. The van der Waals surface area contributed by atoms with E-state index in [0.29, 0.717) is 0 Å². The number of carboxylic acid groups (broad SMARTS) is 1. The van der Waals surface area contributed by atoms with Crippen LogP contribution < -0.4 is 0 Å². The Balaban J connectivity index is 4.94. The fourth-order valence-electron chi connectivity index (χ4n) is 1.10. The number of hydrogen-bond acceptors (Lipinski definition) is 5. The Kier molecular flexibility index (Phi) is 5.15. The summed E-state index contributed by atoms with van der Waals surface area (Å²) < 4.78 is 27.2. The van der Waals surface area contributed by atoms with Gasteiger partial charge in [0, 0.05) is 13.3 Å². The highest BCUT2D eigenvalue weighted by atomic mass is 32.2. The van der Waals surface area contributed by atoms with Crippen molar-refractivity contribution < 1.29 is 27.9 Å². The monoisotopic (exact) mass is 281 g/mol. The first kappa shape index (κ1) is 16.7. The van der Waals surface area contributed by atoms with Gasteiger partial charge in [0.15, 0.2) is 0 Å². The standard InChI is InChI=1S/C10H19NO6S/c1-10(2,3)17-9(14)11(4)7(8(12)13)6-18(5,15)16/h7H,6H2,1-5H3,(H,12,13). The fourth-order valence-corrected chi connectivity index (χ4v) is 2.04. The van der Waals surface area contributed by atoms with Gasteiger partial charge in [0.05, 0.1) is 5.75 Å². The van der Waals surface area contributed by atoms with Crippen molar-refractivity contribution in [1.29, 1.82) is 0 Å². The molecule has 1 unspecified atom stereocenters. The molecule has 0 fully saturated rings. The van der Waals surface area contributed by atoms with Crippen LogP contribution in [0.3, 0.4) is 0 Å². The van der Waals surface area contributed by atoms with Gasteiger partial charge < -0.3 is 9.84 Å². The molecule has 0 aromatic carbocycles. The van der Waals surface area contributed by atoms with E-state index in [9.17, 15) is 18.0 Å². The summed E-state index contributed by atoms with van der Waals surface area (Å²) >= 11 is 0. The first-order chi connectivity index (χ1) is 7.83. The van der Waals surface area contributed by atoms with Crippen molar-refractivity contribution in [2.75, 3.05) is 19.1 Å². The quantitative estimate of drug-likeness (QED) is 0.798. The zero-order valence-corrected chi connectivity index (χ0v) is 11.9. The van der Waals surface area contributed by atoms with Gasteiger partial charge in [0.2, 0.25) is 0 Å². The van der Waals surface area contributed by atoms with E-state index in [2.05, 4.69) is 0 Å². The number of sulfone groups is 1. The summed E-state index contributed by atoms with van der Waals surface area (Å²) in [5.41, 5.74) is -0.778. The van der Waals surface area contributed by atoms with Crippen LogP contribution in [0.2, 0.25) is 0 Å². The zero-order chi connectivity index (χ0) is 14.7. The normalized spacial score (nSPS) is 13.8. The van der Waals surface area contributed by atoms with Crippen LogP contribution in [0, 0.1) is 0 Å². The molecule has 106 valence electrons. The van der Waals surface area contributed by atoms with E-state index >= 15 is 0 Å². The molecule has 0 aromatic rings. The van der Waals surface area contributed by atoms with E-state index < -0.39 is 39.3 Å². The maximum absolute atomic E-state index is 11.6. The first-order valence-electron chi connectivity index (χ1n) is 5.20. The molecular formula is C10H19NO6S. The van der Waals surface area contributed by atoms with Crippen molar-refractivity contribution in [2.45, 2.75) is 32.4 Å². The van der Waals surface area contributed by atoms with Crippen LogP contribution in [0.5, 0.6) is 0 Å². The van der Waals surface area contributed by atoms with Crippen LogP contribution in [0.25, 0.3) is 0 Å². The van der Waals surface area contributed by atoms with Crippen molar-refractivity contribution >= 4 is 21.9 Å². The number of ether oxygens (including phenoxy) is 1. The van der Waals surface area contributed by atoms with E-state index in [1.54, 1.807) is 20.8 Å². The average molecular weight is 281 g/mol. The molecule has 1 N–H and O–H groups in total. The van der Waals surface area contributed by atoms with Crippen LogP contribution in [-0.4, -0.2) is 61.2 Å². The summed E-state index contributed by atoms with van der Waals surface area (Å²) in [7, 11) is -2.33. The van der Waals surface area contributed by atoms with E-state index in [1.165, 1.54) is 7.05 Å². The second kappa shape index (κ2) is 5.55. The Morgan fingerprint density at radius 1 is 1.33 bits per heavy atom. The summed E-state index contributed by atoms with van der Waals surface area (Å²) in [6.07, 6.45) is 0.0323. The predicted molar refractivity (Wildman–Crippen MR) is 65.1 cm³/mol. The number of aliphatic carboxylic acids is 1. The lowest BCUT2D eigenvalue weighted by molar-refractivity contribution is -0.141. The van der Waals surface area contributed by atoms with Crippen LogP contribution in [0.1, 0.15) is 20.8 Å². The lowest BCUT2D eigenvalue weighted by atomic mass is 10.2. The van der Waals surface area contributed by atoms with Gasteiger partial charge in [-0.1, -0.05) is 0 Å². The molecule has 0 aliphatic heterocycles. The van der Waals surface area contributed by atoms with Gasteiger partial charge in [0.25, 0.3) is 0 Å². The second-order valence-electron chi connectivity index (χ2n) is 5.04. The van der Waals surface area contributed by atoms with E-state index in [0.717, 1.165) is 11.2 Å². The molecule has 0 bridgehead atoms. The summed E-state index contributed by atoms with van der Waals surface area (Å²) in [6, 6.07) is -1.46. The molecule has 0 saturated carbocycles. The molecule has 0 radical (unpaired) electrons. The number of rotatable bonds is 4. The highest BCUT2D eigenvalue weighted by Crippen LogP contribution is 2.11. The number of amides is 1. The number of hydrogen-bond donors (Lipinski definition) is 1. The highest BCUT2D eigenvalue weighted by Gasteiger charge is 2.32. The molecule has 0 saturated heterocycles. The summed E-state index contributed by atoms with van der Waals surface area (Å²) in [4.78, 5) is 23.4. The zero-order valence-electron chi connectivity index (χ0n) is 11.1. The lowest BCUT2D eigenvalue weighted by Crippen LogP contribution is -2.48. The Labute approximate surface area is 107 Å². The summed E-state index contributed by atoms with van der Waals surface area (Å²) in [5.74, 6) is -2.05. The smallest absolute Gasteiger partial charge is 0.410 e. The molecule has 0 rings (SSSR count). The van der Waals surface area contributed by atoms with Gasteiger partial charge in [-0.25, -0.2) is 18.0 Å². The first-order valence-corrected chi connectivity index (χ1v) is 7.26. The molecule has 7 nitrogen and oxygen atoms in total. The van der Waals surface area contributed by atoms with Crippen molar-refractivity contribution in [1.82, 2.24) is 4.90 Å². The number of likely N-dealkylation sites (N-methyl/N-ethyl adjacent to an activating group) is 1. The van der Waals surface area contributed by atoms with Crippen LogP contribution in [0.4, 0.5) is 4.79 Å². The minimum Gasteiger partial charge on any atom is -0.480 e. The topological polar surface area (TPSA) is 101 Å². The molecule has 0 aliphatic carbocycles. The van der Waals surface area contributed by atoms with E-state index in [1.807, 2.05) is 0 Å². The van der Waals surface area contributed by atoms with Gasteiger partial charge in [-0.15, -0.1) is 0 Å². The number of carboxylic acids is 1. The molecule has 0 aromatic heterocycles. The maximum atomic E-state index is 11.6. The van der Waals surface area contributed by atoms with Gasteiger partial charge in [0.1, 0.15) is 21.5 Å². The molecule has 0 aliphatic rings.